The van der Waals surface area contributed by atoms with Crippen molar-refractivity contribution in [2.24, 2.45) is 0 Å². The van der Waals surface area contributed by atoms with Crippen molar-refractivity contribution < 1.29 is 23.9 Å². The number of nitrogens with one attached hydrogen (secondary N) is 2. The van der Waals surface area contributed by atoms with Crippen LogP contribution in [0.15, 0.2) is 30.3 Å². The van der Waals surface area contributed by atoms with Gasteiger partial charge in [-0.2, -0.15) is 0 Å². The van der Waals surface area contributed by atoms with Gasteiger partial charge in [0.1, 0.15) is 5.54 Å². The van der Waals surface area contributed by atoms with Crippen molar-refractivity contribution in [3.63, 3.8) is 0 Å². The SMILES string of the molecule is CC1(C)NC(=O)N(CCC(=O)OCC(=O)NCc2ccccc2)C1=O. The summed E-state index contributed by atoms with van der Waals surface area (Å²) in [5.41, 5.74) is -0.0402. The van der Waals surface area contributed by atoms with E-state index < -0.39 is 36.0 Å². The van der Waals surface area contributed by atoms with E-state index in [1.165, 1.54) is 0 Å². The Bertz CT molecular complexity index is 672. The number of hydrogen-bond donors (Lipinski definition) is 2. The minimum absolute atomic E-state index is 0.0848. The molecular weight excluding hydrogens is 326 g/mol. The minimum Gasteiger partial charge on any atom is -0.456 e. The highest BCUT2D eigenvalue weighted by molar-refractivity contribution is 6.06. The second-order valence-corrected chi connectivity index (χ2v) is 6.18. The van der Waals surface area contributed by atoms with E-state index in [2.05, 4.69) is 10.6 Å². The van der Waals surface area contributed by atoms with Gasteiger partial charge in [-0.1, -0.05) is 30.3 Å². The van der Waals surface area contributed by atoms with Crippen LogP contribution in [0.25, 0.3) is 0 Å². The van der Waals surface area contributed by atoms with Crippen LogP contribution in [0.2, 0.25) is 0 Å². The zero-order chi connectivity index (χ0) is 18.4. The Morgan fingerprint density at radius 1 is 1.20 bits per heavy atom. The molecule has 0 radical (unpaired) electrons. The Hall–Kier alpha value is -2.90. The highest BCUT2D eigenvalue weighted by Crippen LogP contribution is 2.16. The number of imide groups is 1. The van der Waals surface area contributed by atoms with Crippen molar-refractivity contribution in [1.29, 1.82) is 0 Å². The predicted molar refractivity (Wildman–Crippen MR) is 88.2 cm³/mol. The van der Waals surface area contributed by atoms with E-state index in [4.69, 9.17) is 4.74 Å². The van der Waals surface area contributed by atoms with E-state index >= 15 is 0 Å². The van der Waals surface area contributed by atoms with Crippen LogP contribution >= 0.6 is 0 Å². The van der Waals surface area contributed by atoms with Crippen LogP contribution in [-0.4, -0.2) is 47.4 Å². The van der Waals surface area contributed by atoms with Crippen molar-refractivity contribution in [2.75, 3.05) is 13.2 Å². The topological polar surface area (TPSA) is 105 Å². The third-order valence-corrected chi connectivity index (χ3v) is 3.68. The number of amides is 4. The molecule has 2 N–H and O–H groups in total. The monoisotopic (exact) mass is 347 g/mol. The van der Waals surface area contributed by atoms with Crippen LogP contribution in [0.4, 0.5) is 4.79 Å². The van der Waals surface area contributed by atoms with Crippen LogP contribution < -0.4 is 10.6 Å². The molecule has 4 amide bonds. The molecule has 1 aliphatic heterocycles. The first-order valence-electron chi connectivity index (χ1n) is 7.90. The maximum atomic E-state index is 12.0. The molecule has 0 aromatic heterocycles. The number of esters is 1. The number of hydrogen-bond acceptors (Lipinski definition) is 5. The average molecular weight is 347 g/mol. The van der Waals surface area contributed by atoms with Gasteiger partial charge in [-0.15, -0.1) is 0 Å². The molecule has 1 fully saturated rings. The fourth-order valence-electron chi connectivity index (χ4n) is 2.29. The van der Waals surface area contributed by atoms with Crippen LogP contribution in [0.3, 0.4) is 0 Å². The predicted octanol–water partition coefficient (Wildman–Crippen LogP) is 0.567. The maximum Gasteiger partial charge on any atom is 0.325 e. The zero-order valence-electron chi connectivity index (χ0n) is 14.2. The lowest BCUT2D eigenvalue weighted by Crippen LogP contribution is -2.40. The lowest BCUT2D eigenvalue weighted by atomic mass is 10.1. The van der Waals surface area contributed by atoms with Gasteiger partial charge >= 0.3 is 12.0 Å². The summed E-state index contributed by atoms with van der Waals surface area (Å²) in [7, 11) is 0. The summed E-state index contributed by atoms with van der Waals surface area (Å²) in [5, 5.41) is 5.15. The average Bonchev–Trinajstić information content (AvgIpc) is 2.77. The molecular formula is C17H21N3O5. The molecule has 2 rings (SSSR count). The summed E-state index contributed by atoms with van der Waals surface area (Å²) < 4.78 is 4.85. The van der Waals surface area contributed by atoms with E-state index in [1.807, 2.05) is 30.3 Å². The van der Waals surface area contributed by atoms with Crippen molar-refractivity contribution in [2.45, 2.75) is 32.4 Å². The number of carbonyl (C=O) groups excluding carboxylic acids is 4. The van der Waals surface area contributed by atoms with Gasteiger partial charge in [0.05, 0.1) is 6.42 Å². The van der Waals surface area contributed by atoms with Crippen molar-refractivity contribution in [1.82, 2.24) is 15.5 Å². The Kier molecular flexibility index (Phi) is 5.74. The normalized spacial score (nSPS) is 15.7. The van der Waals surface area contributed by atoms with Gasteiger partial charge in [-0.05, 0) is 19.4 Å². The Morgan fingerprint density at radius 3 is 2.48 bits per heavy atom. The number of benzene rings is 1. The summed E-state index contributed by atoms with van der Waals surface area (Å²) in [6.45, 7) is 3.02. The fraction of sp³-hybridized carbons (Fsp3) is 0.412. The molecule has 8 heteroatoms. The van der Waals surface area contributed by atoms with E-state index in [1.54, 1.807) is 13.8 Å². The first kappa shape index (κ1) is 18.4. The number of urea groups is 1. The first-order chi connectivity index (χ1) is 11.8. The molecule has 1 heterocycles. The standard InChI is InChI=1S/C17H21N3O5/c1-17(2)15(23)20(16(24)19-17)9-8-14(22)25-11-13(21)18-10-12-6-4-3-5-7-12/h3-7H,8-11H2,1-2H3,(H,18,21)(H,19,24). The van der Waals surface area contributed by atoms with Gasteiger partial charge in [0, 0.05) is 13.1 Å². The van der Waals surface area contributed by atoms with E-state index in [0.29, 0.717) is 6.54 Å². The minimum atomic E-state index is -0.974. The van der Waals surface area contributed by atoms with Crippen LogP contribution in [0, 0.1) is 0 Å². The molecule has 25 heavy (non-hydrogen) atoms. The smallest absolute Gasteiger partial charge is 0.325 e. The number of ether oxygens (including phenoxy) is 1. The molecule has 0 aliphatic carbocycles. The van der Waals surface area contributed by atoms with Gasteiger partial charge in [0.15, 0.2) is 6.61 Å². The van der Waals surface area contributed by atoms with Crippen LogP contribution in [-0.2, 0) is 25.7 Å². The summed E-state index contributed by atoms with van der Waals surface area (Å²) >= 11 is 0. The molecule has 0 unspecified atom stereocenters. The molecule has 8 nitrogen and oxygen atoms in total. The lowest BCUT2D eigenvalue weighted by molar-refractivity contribution is -0.149. The number of carbonyl (C=O) groups is 4. The third-order valence-electron chi connectivity index (χ3n) is 3.68. The third kappa shape index (κ3) is 5.03. The molecule has 0 bridgehead atoms. The Balaban J connectivity index is 1.68. The lowest BCUT2D eigenvalue weighted by Gasteiger charge is -2.15. The summed E-state index contributed by atoms with van der Waals surface area (Å²) in [4.78, 5) is 47.9. The summed E-state index contributed by atoms with van der Waals surface area (Å²) in [6.07, 6.45) is -0.165. The van der Waals surface area contributed by atoms with Gasteiger partial charge in [0.2, 0.25) is 0 Å². The zero-order valence-corrected chi connectivity index (χ0v) is 14.2. The van der Waals surface area contributed by atoms with Gasteiger partial charge in [-0.3, -0.25) is 19.3 Å². The molecule has 0 spiro atoms. The number of rotatable bonds is 7. The number of nitrogens with zero attached hydrogens (tertiary/aromatic N) is 1. The molecule has 134 valence electrons. The fourth-order valence-corrected chi connectivity index (χ4v) is 2.29. The molecule has 1 aromatic carbocycles. The van der Waals surface area contributed by atoms with Gasteiger partial charge in [-0.25, -0.2) is 4.79 Å². The molecule has 1 aliphatic rings. The van der Waals surface area contributed by atoms with E-state index in [0.717, 1.165) is 10.5 Å². The van der Waals surface area contributed by atoms with Crippen molar-refractivity contribution in [3.05, 3.63) is 35.9 Å². The summed E-state index contributed by atoms with van der Waals surface area (Å²) in [5.74, 6) is -1.47. The second-order valence-electron chi connectivity index (χ2n) is 6.18. The Morgan fingerprint density at radius 2 is 1.88 bits per heavy atom. The molecule has 1 saturated heterocycles. The van der Waals surface area contributed by atoms with E-state index in [9.17, 15) is 19.2 Å². The molecule has 0 saturated carbocycles. The van der Waals surface area contributed by atoms with Crippen LogP contribution in [0.5, 0.6) is 0 Å². The highest BCUT2D eigenvalue weighted by atomic mass is 16.5. The largest absolute Gasteiger partial charge is 0.456 e. The second kappa shape index (κ2) is 7.78. The van der Waals surface area contributed by atoms with Gasteiger partial charge < -0.3 is 15.4 Å². The maximum absolute atomic E-state index is 12.0. The first-order valence-corrected chi connectivity index (χ1v) is 7.90. The highest BCUT2D eigenvalue weighted by Gasteiger charge is 2.44. The van der Waals surface area contributed by atoms with Gasteiger partial charge in [0.25, 0.3) is 11.8 Å². The molecule has 1 aromatic rings. The van der Waals surface area contributed by atoms with E-state index in [-0.39, 0.29) is 13.0 Å². The summed E-state index contributed by atoms with van der Waals surface area (Å²) in [6, 6.07) is 8.79. The van der Waals surface area contributed by atoms with Crippen LogP contribution in [0.1, 0.15) is 25.8 Å². The van der Waals surface area contributed by atoms with Crippen molar-refractivity contribution in [3.8, 4) is 0 Å². The quantitative estimate of drug-likeness (QED) is 0.554. The molecule has 0 atom stereocenters. The Labute approximate surface area is 145 Å². The van der Waals surface area contributed by atoms with Crippen molar-refractivity contribution >= 4 is 23.8 Å².